The molecule has 0 amide bonds. The van der Waals surface area contributed by atoms with E-state index in [9.17, 15) is 0 Å². The first-order valence-corrected chi connectivity index (χ1v) is 8.27. The van der Waals surface area contributed by atoms with Crippen LogP contribution >= 0.6 is 23.8 Å². The molecule has 0 heterocycles. The van der Waals surface area contributed by atoms with Crippen LogP contribution in [0.25, 0.3) is 0 Å². The largest absolute Gasteiger partial charge is 0.491 e. The maximum Gasteiger partial charge on any atom is 0.171 e. The number of para-hydroxylation sites is 2. The molecule has 0 radical (unpaired) electrons. The van der Waals surface area contributed by atoms with Gasteiger partial charge in [0.1, 0.15) is 12.4 Å². The first kappa shape index (κ1) is 17.6. The van der Waals surface area contributed by atoms with E-state index in [0.717, 1.165) is 22.6 Å². The maximum absolute atomic E-state index is 6.11. The van der Waals surface area contributed by atoms with Crippen molar-refractivity contribution in [2.24, 2.45) is 0 Å². The molecule has 2 aromatic rings. The lowest BCUT2D eigenvalue weighted by atomic mass is 10.1. The van der Waals surface area contributed by atoms with E-state index in [1.807, 2.05) is 63.2 Å². The van der Waals surface area contributed by atoms with Crippen LogP contribution in [0.15, 0.2) is 42.5 Å². The van der Waals surface area contributed by atoms with Gasteiger partial charge in [-0.15, -0.1) is 0 Å². The van der Waals surface area contributed by atoms with E-state index >= 15 is 0 Å². The summed E-state index contributed by atoms with van der Waals surface area (Å²) in [6.45, 7) is 6.64. The van der Waals surface area contributed by atoms with Crippen molar-refractivity contribution in [3.63, 3.8) is 0 Å². The summed E-state index contributed by atoms with van der Waals surface area (Å²) in [7, 11) is 0. The fourth-order valence-corrected chi connectivity index (χ4v) is 2.72. The third-order valence-electron chi connectivity index (χ3n) is 3.39. The van der Waals surface area contributed by atoms with Crippen LogP contribution in [0.2, 0.25) is 5.02 Å². The molecule has 122 valence electrons. The van der Waals surface area contributed by atoms with Crippen LogP contribution in [-0.2, 0) is 0 Å². The lowest BCUT2D eigenvalue weighted by molar-refractivity contribution is 0.283. The molecule has 0 aliphatic carbocycles. The van der Waals surface area contributed by atoms with E-state index in [4.69, 9.17) is 28.6 Å². The molecule has 0 fully saturated rings. The van der Waals surface area contributed by atoms with Crippen molar-refractivity contribution in [2.45, 2.75) is 26.8 Å². The topological polar surface area (TPSA) is 33.3 Å². The summed E-state index contributed by atoms with van der Waals surface area (Å²) in [4.78, 5) is 0. The molecule has 1 unspecified atom stereocenters. The highest BCUT2D eigenvalue weighted by molar-refractivity contribution is 7.80. The highest BCUT2D eigenvalue weighted by Crippen LogP contribution is 2.22. The molecular formula is C18H21ClN2OS. The van der Waals surface area contributed by atoms with E-state index in [0.29, 0.717) is 16.7 Å². The van der Waals surface area contributed by atoms with Crippen molar-refractivity contribution >= 4 is 34.6 Å². The molecule has 0 aromatic heterocycles. The van der Waals surface area contributed by atoms with Gasteiger partial charge in [-0.05, 0) is 56.2 Å². The summed E-state index contributed by atoms with van der Waals surface area (Å²) < 4.78 is 5.93. The molecule has 0 spiro atoms. The number of ether oxygens (including phenoxy) is 1. The van der Waals surface area contributed by atoms with Crippen LogP contribution in [0.1, 0.15) is 18.1 Å². The quantitative estimate of drug-likeness (QED) is 0.766. The number of rotatable bonds is 5. The second kappa shape index (κ2) is 8.18. The Hall–Kier alpha value is -1.78. The van der Waals surface area contributed by atoms with Crippen LogP contribution in [0.3, 0.4) is 0 Å². The molecule has 0 saturated carbocycles. The molecule has 0 aliphatic heterocycles. The Morgan fingerprint density at radius 3 is 2.43 bits per heavy atom. The van der Waals surface area contributed by atoms with E-state index in [2.05, 4.69) is 10.6 Å². The fraction of sp³-hybridized carbons (Fsp3) is 0.278. The summed E-state index contributed by atoms with van der Waals surface area (Å²) in [5, 5.41) is 7.46. The van der Waals surface area contributed by atoms with Crippen molar-refractivity contribution in [2.75, 3.05) is 11.9 Å². The fourth-order valence-electron chi connectivity index (χ4n) is 2.22. The van der Waals surface area contributed by atoms with Gasteiger partial charge in [0.25, 0.3) is 0 Å². The van der Waals surface area contributed by atoms with Gasteiger partial charge in [0.15, 0.2) is 5.11 Å². The third kappa shape index (κ3) is 5.12. The number of benzene rings is 2. The third-order valence-corrected chi connectivity index (χ3v) is 3.94. The molecule has 1 atom stereocenters. The van der Waals surface area contributed by atoms with Gasteiger partial charge < -0.3 is 15.4 Å². The van der Waals surface area contributed by atoms with E-state index < -0.39 is 0 Å². The second-order valence-electron chi connectivity index (χ2n) is 5.51. The highest BCUT2D eigenvalue weighted by atomic mass is 35.5. The molecule has 0 saturated heterocycles. The summed E-state index contributed by atoms with van der Waals surface area (Å²) in [5.41, 5.74) is 3.05. The average molecular weight is 349 g/mol. The SMILES string of the molecule is Cc1cccc(C)c1OCC(C)NC(=S)Nc1ccccc1Cl. The van der Waals surface area contributed by atoms with Gasteiger partial charge in [-0.25, -0.2) is 0 Å². The van der Waals surface area contributed by atoms with Crippen LogP contribution in [0.5, 0.6) is 5.75 Å². The molecular weight excluding hydrogens is 328 g/mol. The van der Waals surface area contributed by atoms with Crippen molar-refractivity contribution < 1.29 is 4.74 Å². The van der Waals surface area contributed by atoms with Crippen molar-refractivity contribution in [1.29, 1.82) is 0 Å². The average Bonchev–Trinajstić information content (AvgIpc) is 2.49. The maximum atomic E-state index is 6.11. The standard InChI is InChI=1S/C18H21ClN2OS/c1-12-7-6-8-13(2)17(12)22-11-14(3)20-18(23)21-16-10-5-4-9-15(16)19/h4-10,14H,11H2,1-3H3,(H2,20,21,23). The number of hydrogen-bond acceptors (Lipinski definition) is 2. The lowest BCUT2D eigenvalue weighted by Gasteiger charge is -2.19. The Morgan fingerprint density at radius 1 is 1.13 bits per heavy atom. The van der Waals surface area contributed by atoms with Gasteiger partial charge in [0.2, 0.25) is 0 Å². The summed E-state index contributed by atoms with van der Waals surface area (Å²) >= 11 is 11.4. The minimum atomic E-state index is 0.0662. The molecule has 0 bridgehead atoms. The first-order chi connectivity index (χ1) is 11.0. The monoisotopic (exact) mass is 348 g/mol. The van der Waals surface area contributed by atoms with Gasteiger partial charge in [-0.3, -0.25) is 0 Å². The second-order valence-corrected chi connectivity index (χ2v) is 6.33. The summed E-state index contributed by atoms with van der Waals surface area (Å²) in [6.07, 6.45) is 0. The lowest BCUT2D eigenvalue weighted by Crippen LogP contribution is -2.39. The highest BCUT2D eigenvalue weighted by Gasteiger charge is 2.09. The number of anilines is 1. The predicted molar refractivity (Wildman–Crippen MR) is 102 cm³/mol. The van der Waals surface area contributed by atoms with Crippen LogP contribution in [0, 0.1) is 13.8 Å². The molecule has 2 N–H and O–H groups in total. The zero-order valence-corrected chi connectivity index (χ0v) is 15.1. The van der Waals surface area contributed by atoms with Gasteiger partial charge in [0, 0.05) is 0 Å². The smallest absolute Gasteiger partial charge is 0.171 e. The van der Waals surface area contributed by atoms with Gasteiger partial charge in [-0.2, -0.15) is 0 Å². The summed E-state index contributed by atoms with van der Waals surface area (Å²) in [5.74, 6) is 0.936. The number of thiocarbonyl (C=S) groups is 1. The van der Waals surface area contributed by atoms with Crippen LogP contribution in [0.4, 0.5) is 5.69 Å². The van der Waals surface area contributed by atoms with Gasteiger partial charge in [0.05, 0.1) is 16.8 Å². The van der Waals surface area contributed by atoms with Crippen molar-refractivity contribution in [3.8, 4) is 5.75 Å². The Balaban J connectivity index is 1.86. The number of halogens is 1. The Kier molecular flexibility index (Phi) is 6.25. The van der Waals surface area contributed by atoms with E-state index in [1.54, 1.807) is 0 Å². The zero-order chi connectivity index (χ0) is 16.8. The van der Waals surface area contributed by atoms with Gasteiger partial charge in [-0.1, -0.05) is 41.9 Å². The normalized spacial score (nSPS) is 11.7. The predicted octanol–water partition coefficient (Wildman–Crippen LogP) is 4.71. The molecule has 5 heteroatoms. The Morgan fingerprint density at radius 2 is 1.78 bits per heavy atom. The molecule has 2 aromatic carbocycles. The van der Waals surface area contributed by atoms with Gasteiger partial charge >= 0.3 is 0 Å². The number of hydrogen-bond donors (Lipinski definition) is 2. The molecule has 0 aliphatic rings. The first-order valence-electron chi connectivity index (χ1n) is 7.48. The Labute approximate surface area is 148 Å². The number of aryl methyl sites for hydroxylation is 2. The van der Waals surface area contributed by atoms with Crippen LogP contribution < -0.4 is 15.4 Å². The minimum absolute atomic E-state index is 0.0662. The van der Waals surface area contributed by atoms with E-state index in [1.165, 1.54) is 0 Å². The zero-order valence-electron chi connectivity index (χ0n) is 13.5. The Bertz CT molecular complexity index is 670. The van der Waals surface area contributed by atoms with E-state index in [-0.39, 0.29) is 6.04 Å². The molecule has 23 heavy (non-hydrogen) atoms. The molecule has 2 rings (SSSR count). The van der Waals surface area contributed by atoms with Crippen LogP contribution in [-0.4, -0.2) is 17.8 Å². The summed E-state index contributed by atoms with van der Waals surface area (Å²) in [6, 6.07) is 13.7. The number of nitrogens with one attached hydrogen (secondary N) is 2. The molecule has 3 nitrogen and oxygen atoms in total. The minimum Gasteiger partial charge on any atom is -0.491 e. The van der Waals surface area contributed by atoms with Crippen molar-refractivity contribution in [3.05, 3.63) is 58.6 Å². The van der Waals surface area contributed by atoms with Crippen molar-refractivity contribution in [1.82, 2.24) is 5.32 Å².